The lowest BCUT2D eigenvalue weighted by Crippen LogP contribution is -2.48. The second-order valence-corrected chi connectivity index (χ2v) is 9.23. The van der Waals surface area contributed by atoms with Crippen LogP contribution in [0.5, 0.6) is 0 Å². The quantitative estimate of drug-likeness (QED) is 0.915. The number of sulfonamides is 1. The van der Waals surface area contributed by atoms with Gasteiger partial charge < -0.3 is 5.32 Å². The minimum atomic E-state index is -3.61. The van der Waals surface area contributed by atoms with Crippen LogP contribution in [-0.4, -0.2) is 37.3 Å². The molecule has 1 aromatic carbocycles. The van der Waals surface area contributed by atoms with E-state index in [0.717, 1.165) is 11.1 Å². The van der Waals surface area contributed by atoms with Crippen molar-refractivity contribution in [3.05, 3.63) is 59.9 Å². The van der Waals surface area contributed by atoms with Crippen molar-refractivity contribution >= 4 is 10.0 Å². The van der Waals surface area contributed by atoms with Crippen molar-refractivity contribution in [2.75, 3.05) is 19.6 Å². The maximum absolute atomic E-state index is 13.5. The van der Waals surface area contributed by atoms with Crippen LogP contribution < -0.4 is 5.32 Å². The van der Waals surface area contributed by atoms with E-state index >= 15 is 0 Å². The van der Waals surface area contributed by atoms with E-state index in [4.69, 9.17) is 0 Å². The minimum absolute atomic E-state index is 0.249. The van der Waals surface area contributed by atoms with Crippen LogP contribution >= 0.6 is 0 Å². The van der Waals surface area contributed by atoms with Gasteiger partial charge in [0.1, 0.15) is 0 Å². The van der Waals surface area contributed by atoms with Gasteiger partial charge in [-0.2, -0.15) is 4.31 Å². The third kappa shape index (κ3) is 3.61. The fourth-order valence-corrected chi connectivity index (χ4v) is 5.29. The van der Waals surface area contributed by atoms with Gasteiger partial charge in [0.15, 0.2) is 0 Å². The smallest absolute Gasteiger partial charge is 0.244 e. The van der Waals surface area contributed by atoms with E-state index in [1.54, 1.807) is 28.8 Å². The Balaban J connectivity index is 2.07. The zero-order chi connectivity index (χ0) is 18.1. The first-order chi connectivity index (χ1) is 11.8. The van der Waals surface area contributed by atoms with Gasteiger partial charge in [0, 0.05) is 32.0 Å². The van der Waals surface area contributed by atoms with E-state index in [0.29, 0.717) is 24.5 Å². The van der Waals surface area contributed by atoms with E-state index in [9.17, 15) is 8.42 Å². The van der Waals surface area contributed by atoms with Gasteiger partial charge in [-0.15, -0.1) is 0 Å². The summed E-state index contributed by atoms with van der Waals surface area (Å²) in [7, 11) is -3.61. The lowest BCUT2D eigenvalue weighted by molar-refractivity contribution is 0.270. The molecular weight excluding hydrogens is 334 g/mol. The summed E-state index contributed by atoms with van der Waals surface area (Å²) in [4.78, 5) is 4.56. The Morgan fingerprint density at radius 3 is 2.60 bits per heavy atom. The zero-order valence-electron chi connectivity index (χ0n) is 14.9. The van der Waals surface area contributed by atoms with Crippen LogP contribution in [0.25, 0.3) is 0 Å². The molecule has 0 amide bonds. The molecule has 0 spiro atoms. The van der Waals surface area contributed by atoms with Crippen LogP contribution in [0.2, 0.25) is 0 Å². The van der Waals surface area contributed by atoms with Gasteiger partial charge in [-0.05, 0) is 28.7 Å². The van der Waals surface area contributed by atoms with Crippen LogP contribution in [-0.2, 0) is 15.4 Å². The molecule has 6 heteroatoms. The average Bonchev–Trinajstić information content (AvgIpc) is 2.62. The number of hydrogen-bond acceptors (Lipinski definition) is 4. The van der Waals surface area contributed by atoms with Crippen LogP contribution in [0.1, 0.15) is 37.9 Å². The molecule has 1 fully saturated rings. The third-order valence-electron chi connectivity index (χ3n) is 4.55. The highest BCUT2D eigenvalue weighted by atomic mass is 32.2. The molecule has 134 valence electrons. The van der Waals surface area contributed by atoms with Gasteiger partial charge in [0.25, 0.3) is 0 Å². The summed E-state index contributed by atoms with van der Waals surface area (Å²) >= 11 is 0. The van der Waals surface area contributed by atoms with Crippen molar-refractivity contribution in [1.82, 2.24) is 14.6 Å². The third-order valence-corrected chi connectivity index (χ3v) is 6.51. The number of hydrogen-bond donors (Lipinski definition) is 1. The van der Waals surface area contributed by atoms with Gasteiger partial charge in [0.05, 0.1) is 10.9 Å². The Morgan fingerprint density at radius 2 is 1.92 bits per heavy atom. The SMILES string of the molecule is CC(C)(C)c1ccccc1S(=O)(=O)N1CCNCC1c1cccnc1. The molecule has 1 aromatic heterocycles. The van der Waals surface area contributed by atoms with Crippen LogP contribution in [0.4, 0.5) is 0 Å². The maximum atomic E-state index is 13.5. The average molecular weight is 359 g/mol. The zero-order valence-corrected chi connectivity index (χ0v) is 15.8. The predicted octanol–water partition coefficient (Wildman–Crippen LogP) is 2.71. The second-order valence-electron chi connectivity index (χ2n) is 7.37. The molecule has 1 aliphatic heterocycles. The van der Waals surface area contributed by atoms with Crippen molar-refractivity contribution in [3.8, 4) is 0 Å². The van der Waals surface area contributed by atoms with Gasteiger partial charge in [-0.3, -0.25) is 4.98 Å². The molecular formula is C19H25N3O2S. The first-order valence-electron chi connectivity index (χ1n) is 8.54. The van der Waals surface area contributed by atoms with Crippen molar-refractivity contribution in [3.63, 3.8) is 0 Å². The first-order valence-corrected chi connectivity index (χ1v) is 9.98. The summed E-state index contributed by atoms with van der Waals surface area (Å²) in [5.74, 6) is 0. The Morgan fingerprint density at radius 1 is 1.16 bits per heavy atom. The van der Waals surface area contributed by atoms with E-state index in [1.807, 2.05) is 45.0 Å². The lowest BCUT2D eigenvalue weighted by atomic mass is 9.87. The van der Waals surface area contributed by atoms with Gasteiger partial charge in [-0.1, -0.05) is 45.0 Å². The number of nitrogens with one attached hydrogen (secondary N) is 1. The van der Waals surface area contributed by atoms with Crippen LogP contribution in [0.3, 0.4) is 0 Å². The van der Waals surface area contributed by atoms with E-state index in [-0.39, 0.29) is 11.5 Å². The van der Waals surface area contributed by atoms with E-state index in [2.05, 4.69) is 10.3 Å². The van der Waals surface area contributed by atoms with Gasteiger partial charge in [0.2, 0.25) is 10.0 Å². The number of piperazine rings is 1. The standard InChI is InChI=1S/C19H25N3O2S/c1-19(2,3)16-8-4-5-9-18(16)25(23,24)22-12-11-21-14-17(22)15-7-6-10-20-13-15/h4-10,13,17,21H,11-12,14H2,1-3H3. The Bertz CT molecular complexity index is 829. The molecule has 3 rings (SSSR count). The highest BCUT2D eigenvalue weighted by Crippen LogP contribution is 2.34. The summed E-state index contributed by atoms with van der Waals surface area (Å²) in [6.07, 6.45) is 3.45. The molecule has 2 heterocycles. The molecule has 0 bridgehead atoms. The van der Waals surface area contributed by atoms with E-state index < -0.39 is 10.0 Å². The molecule has 1 aliphatic rings. The van der Waals surface area contributed by atoms with E-state index in [1.165, 1.54) is 0 Å². The van der Waals surface area contributed by atoms with Crippen LogP contribution in [0.15, 0.2) is 53.7 Å². The highest BCUT2D eigenvalue weighted by Gasteiger charge is 2.37. The van der Waals surface area contributed by atoms with Gasteiger partial charge >= 0.3 is 0 Å². The lowest BCUT2D eigenvalue weighted by Gasteiger charge is -2.36. The second kappa shape index (κ2) is 6.86. The molecule has 1 unspecified atom stereocenters. The summed E-state index contributed by atoms with van der Waals surface area (Å²) < 4.78 is 28.6. The number of pyridine rings is 1. The molecule has 0 aliphatic carbocycles. The van der Waals surface area contributed by atoms with Gasteiger partial charge in [-0.25, -0.2) is 8.42 Å². The molecule has 1 saturated heterocycles. The summed E-state index contributed by atoms with van der Waals surface area (Å²) in [5, 5.41) is 3.30. The maximum Gasteiger partial charge on any atom is 0.244 e. The Kier molecular flexibility index (Phi) is 4.95. The van der Waals surface area contributed by atoms with Crippen molar-refractivity contribution in [2.24, 2.45) is 0 Å². The van der Waals surface area contributed by atoms with Crippen LogP contribution in [0, 0.1) is 0 Å². The topological polar surface area (TPSA) is 62.3 Å². The van der Waals surface area contributed by atoms with Crippen molar-refractivity contribution < 1.29 is 8.42 Å². The monoisotopic (exact) mass is 359 g/mol. The molecule has 1 N–H and O–H groups in total. The molecule has 0 radical (unpaired) electrons. The van der Waals surface area contributed by atoms with Crippen molar-refractivity contribution in [2.45, 2.75) is 37.1 Å². The minimum Gasteiger partial charge on any atom is -0.313 e. The highest BCUT2D eigenvalue weighted by molar-refractivity contribution is 7.89. The predicted molar refractivity (Wildman–Crippen MR) is 98.9 cm³/mol. The largest absolute Gasteiger partial charge is 0.313 e. The first kappa shape index (κ1) is 18.0. The summed E-state index contributed by atoms with van der Waals surface area (Å²) in [6.45, 7) is 7.80. The molecule has 1 atom stereocenters. The number of rotatable bonds is 3. The van der Waals surface area contributed by atoms with Crippen molar-refractivity contribution in [1.29, 1.82) is 0 Å². The summed E-state index contributed by atoms with van der Waals surface area (Å²) in [5.41, 5.74) is 1.51. The molecule has 2 aromatic rings. The Hall–Kier alpha value is -1.76. The normalized spacial score (nSPS) is 19.7. The Labute approximate surface area is 150 Å². The summed E-state index contributed by atoms with van der Waals surface area (Å²) in [6, 6.07) is 10.9. The fourth-order valence-electron chi connectivity index (χ4n) is 3.27. The molecule has 0 saturated carbocycles. The number of aromatic nitrogens is 1. The molecule has 25 heavy (non-hydrogen) atoms. The fraction of sp³-hybridized carbons (Fsp3) is 0.421. The number of nitrogens with zero attached hydrogens (tertiary/aromatic N) is 2. The number of benzene rings is 1. The molecule has 5 nitrogen and oxygen atoms in total.